The van der Waals surface area contributed by atoms with E-state index < -0.39 is 39.5 Å². The Labute approximate surface area is 190 Å². The van der Waals surface area contributed by atoms with Crippen LogP contribution in [0.5, 0.6) is 0 Å². The average Bonchev–Trinajstić information content (AvgIpc) is 3.06. The number of hydrogen-bond acceptors (Lipinski definition) is 6. The van der Waals surface area contributed by atoms with E-state index in [1.54, 1.807) is 12.1 Å². The van der Waals surface area contributed by atoms with Gasteiger partial charge in [0.2, 0.25) is 11.4 Å². The molecule has 0 radical (unpaired) electrons. The van der Waals surface area contributed by atoms with Crippen molar-refractivity contribution >= 4 is 29.5 Å². The number of nitriles is 1. The Morgan fingerprint density at radius 3 is 2.28 bits per heavy atom. The molecule has 0 saturated carbocycles. The van der Waals surface area contributed by atoms with Gasteiger partial charge in [-0.15, -0.1) is 11.8 Å². The van der Waals surface area contributed by atoms with Gasteiger partial charge in [0, 0.05) is 4.75 Å². The topological polar surface area (TPSA) is 99.5 Å². The summed E-state index contributed by atoms with van der Waals surface area (Å²) in [7, 11) is 0. The standard InChI is InChI=1S/C24H23N3O4S/c1-23(2)19(20(29)31-14-17-11-7-4-8-12-17)27-21(30)24(15-25,22(27)32-23)26-18(28)13-16-9-5-3-6-10-16/h3-12,19,22H,13-14H2,1-2H3,(H,26,28)/t19-,22+,24+/m0/s1. The number of thioether (sulfide) groups is 1. The molecule has 0 spiro atoms. The predicted molar refractivity (Wildman–Crippen MR) is 119 cm³/mol. The molecule has 2 heterocycles. The van der Waals surface area contributed by atoms with Crippen molar-refractivity contribution in [2.24, 2.45) is 0 Å². The zero-order chi connectivity index (χ0) is 22.9. The van der Waals surface area contributed by atoms with Crippen molar-refractivity contribution in [1.82, 2.24) is 10.2 Å². The number of carbonyl (C=O) groups is 3. The minimum Gasteiger partial charge on any atom is -0.459 e. The molecule has 2 aromatic rings. The highest BCUT2D eigenvalue weighted by Gasteiger charge is 2.73. The van der Waals surface area contributed by atoms with E-state index in [9.17, 15) is 19.6 Å². The number of esters is 1. The molecule has 0 aromatic heterocycles. The van der Waals surface area contributed by atoms with Gasteiger partial charge in [0.15, 0.2) is 0 Å². The summed E-state index contributed by atoms with van der Waals surface area (Å²) in [5.74, 6) is -1.52. The fraction of sp³-hybridized carbons (Fsp3) is 0.333. The van der Waals surface area contributed by atoms with Gasteiger partial charge in [0.1, 0.15) is 24.1 Å². The summed E-state index contributed by atoms with van der Waals surface area (Å²) in [6.07, 6.45) is 0.0564. The SMILES string of the molecule is CC1(C)S[C@H]2N(C(=O)[C@@]2(C#N)NC(=O)Cc2ccccc2)[C@H]1C(=O)OCc1ccccc1. The molecular formula is C24H23N3O4S. The molecule has 0 bridgehead atoms. The molecule has 8 heteroatoms. The zero-order valence-corrected chi connectivity index (χ0v) is 18.6. The largest absolute Gasteiger partial charge is 0.459 e. The molecule has 32 heavy (non-hydrogen) atoms. The first-order valence-electron chi connectivity index (χ1n) is 10.3. The first kappa shape index (κ1) is 21.9. The van der Waals surface area contributed by atoms with Crippen LogP contribution in [0.2, 0.25) is 0 Å². The Morgan fingerprint density at radius 1 is 1.09 bits per heavy atom. The lowest BCUT2D eigenvalue weighted by atomic mass is 9.85. The number of fused-ring (bicyclic) bond motifs is 1. The van der Waals surface area contributed by atoms with Crippen LogP contribution in [0.15, 0.2) is 60.7 Å². The van der Waals surface area contributed by atoms with Crippen LogP contribution in [-0.4, -0.2) is 44.4 Å². The van der Waals surface area contributed by atoms with Gasteiger partial charge in [0.05, 0.1) is 6.42 Å². The van der Waals surface area contributed by atoms with Crippen molar-refractivity contribution in [3.63, 3.8) is 0 Å². The van der Waals surface area contributed by atoms with Gasteiger partial charge in [0.25, 0.3) is 5.91 Å². The van der Waals surface area contributed by atoms with Gasteiger partial charge in [-0.1, -0.05) is 60.7 Å². The molecule has 164 valence electrons. The van der Waals surface area contributed by atoms with Crippen molar-refractivity contribution in [3.05, 3.63) is 71.8 Å². The van der Waals surface area contributed by atoms with Crippen LogP contribution in [0.1, 0.15) is 25.0 Å². The van der Waals surface area contributed by atoms with E-state index in [1.807, 2.05) is 68.4 Å². The lowest BCUT2D eigenvalue weighted by Gasteiger charge is -2.49. The van der Waals surface area contributed by atoms with E-state index in [2.05, 4.69) is 5.32 Å². The second-order valence-electron chi connectivity index (χ2n) is 8.41. The van der Waals surface area contributed by atoms with E-state index in [0.717, 1.165) is 11.1 Å². The highest BCUT2D eigenvalue weighted by atomic mass is 32.2. The minimum atomic E-state index is -1.69. The van der Waals surface area contributed by atoms with Crippen LogP contribution < -0.4 is 5.32 Å². The predicted octanol–water partition coefficient (Wildman–Crippen LogP) is 2.41. The number of ether oxygens (including phenoxy) is 1. The monoisotopic (exact) mass is 449 g/mol. The number of hydrogen-bond donors (Lipinski definition) is 1. The Kier molecular flexibility index (Phi) is 5.70. The summed E-state index contributed by atoms with van der Waals surface area (Å²) in [6.45, 7) is 3.78. The molecule has 2 aliphatic heterocycles. The number of benzene rings is 2. The normalized spacial score (nSPS) is 25.3. The van der Waals surface area contributed by atoms with Crippen molar-refractivity contribution < 1.29 is 19.1 Å². The number of nitrogens with zero attached hydrogens (tertiary/aromatic N) is 2. The highest BCUT2D eigenvalue weighted by molar-refractivity contribution is 8.01. The van der Waals surface area contributed by atoms with Gasteiger partial charge >= 0.3 is 5.97 Å². The van der Waals surface area contributed by atoms with Crippen LogP contribution in [0.3, 0.4) is 0 Å². The molecule has 7 nitrogen and oxygen atoms in total. The molecule has 2 amide bonds. The third-order valence-electron chi connectivity index (χ3n) is 5.71. The van der Waals surface area contributed by atoms with Crippen LogP contribution >= 0.6 is 11.8 Å². The molecule has 3 atom stereocenters. The van der Waals surface area contributed by atoms with Crippen LogP contribution in [0.4, 0.5) is 0 Å². The second kappa shape index (κ2) is 8.32. The minimum absolute atomic E-state index is 0.0564. The molecule has 2 aromatic carbocycles. The molecule has 2 saturated heterocycles. The zero-order valence-electron chi connectivity index (χ0n) is 17.8. The molecule has 0 unspecified atom stereocenters. The Bertz CT molecular complexity index is 1080. The first-order chi connectivity index (χ1) is 15.3. The summed E-state index contributed by atoms with van der Waals surface area (Å²) in [6, 6.07) is 19.5. The van der Waals surface area contributed by atoms with Crippen molar-refractivity contribution in [2.75, 3.05) is 0 Å². The van der Waals surface area contributed by atoms with Gasteiger partial charge < -0.3 is 15.0 Å². The number of nitrogens with one attached hydrogen (secondary N) is 1. The van der Waals surface area contributed by atoms with E-state index in [0.29, 0.717) is 0 Å². The Balaban J connectivity index is 1.48. The number of amides is 2. The summed E-state index contributed by atoms with van der Waals surface area (Å²) in [5, 5.41) is 11.9. The maximum absolute atomic E-state index is 13.1. The summed E-state index contributed by atoms with van der Waals surface area (Å²) in [4.78, 5) is 40.1. The summed E-state index contributed by atoms with van der Waals surface area (Å²) >= 11 is 1.33. The van der Waals surface area contributed by atoms with Crippen molar-refractivity contribution in [3.8, 4) is 6.07 Å². The fourth-order valence-electron chi connectivity index (χ4n) is 4.14. The molecular weight excluding hydrogens is 426 g/mol. The fourth-order valence-corrected chi connectivity index (χ4v) is 5.77. The second-order valence-corrected chi connectivity index (χ2v) is 10.1. The highest BCUT2D eigenvalue weighted by Crippen LogP contribution is 2.54. The van der Waals surface area contributed by atoms with Crippen LogP contribution in [0.25, 0.3) is 0 Å². The maximum Gasteiger partial charge on any atom is 0.330 e. The van der Waals surface area contributed by atoms with E-state index >= 15 is 0 Å². The number of β-lactam (4-membered cyclic amide) rings is 1. The number of rotatable bonds is 6. The van der Waals surface area contributed by atoms with Gasteiger partial charge in [-0.2, -0.15) is 5.26 Å². The lowest BCUT2D eigenvalue weighted by Crippen LogP contribution is -2.79. The summed E-state index contributed by atoms with van der Waals surface area (Å²) in [5.41, 5.74) is -0.0683. The van der Waals surface area contributed by atoms with E-state index in [4.69, 9.17) is 4.74 Å². The van der Waals surface area contributed by atoms with Gasteiger partial charge in [-0.3, -0.25) is 9.59 Å². The van der Waals surface area contributed by atoms with Crippen molar-refractivity contribution in [2.45, 2.75) is 48.6 Å². The molecule has 2 aliphatic rings. The third kappa shape index (κ3) is 3.73. The van der Waals surface area contributed by atoms with E-state index in [1.165, 1.54) is 16.7 Å². The van der Waals surface area contributed by atoms with Gasteiger partial charge in [-0.05, 0) is 25.0 Å². The third-order valence-corrected chi connectivity index (χ3v) is 7.35. The molecule has 2 fully saturated rings. The quantitative estimate of drug-likeness (QED) is 0.537. The molecule has 4 rings (SSSR count). The Hall–Kier alpha value is -3.31. The van der Waals surface area contributed by atoms with Crippen LogP contribution in [-0.2, 0) is 32.1 Å². The molecule has 0 aliphatic carbocycles. The lowest BCUT2D eigenvalue weighted by molar-refractivity contribution is -0.168. The summed E-state index contributed by atoms with van der Waals surface area (Å²) < 4.78 is 4.81. The van der Waals surface area contributed by atoms with Crippen LogP contribution in [0, 0.1) is 11.3 Å². The smallest absolute Gasteiger partial charge is 0.330 e. The Morgan fingerprint density at radius 2 is 1.69 bits per heavy atom. The maximum atomic E-state index is 13.1. The average molecular weight is 450 g/mol. The number of carbonyl (C=O) groups excluding carboxylic acids is 3. The van der Waals surface area contributed by atoms with Gasteiger partial charge in [-0.25, -0.2) is 4.79 Å². The van der Waals surface area contributed by atoms with Crippen molar-refractivity contribution in [1.29, 1.82) is 5.26 Å². The molecule has 1 N–H and O–H groups in total. The van der Waals surface area contributed by atoms with E-state index in [-0.39, 0.29) is 13.0 Å². The first-order valence-corrected chi connectivity index (χ1v) is 11.1.